The standard InChI is InChI=1S/C9H8F2O2.C2H6/c10-7-3-1-2-6(9(7)11)4-5-8(12)13;1-2/h1-3H,4-5H2,(H,12,13);1-2H3. The highest BCUT2D eigenvalue weighted by Crippen LogP contribution is 2.12. The van der Waals surface area contributed by atoms with Gasteiger partial charge in [0.2, 0.25) is 0 Å². The molecule has 0 saturated carbocycles. The van der Waals surface area contributed by atoms with E-state index in [0.717, 1.165) is 6.07 Å². The van der Waals surface area contributed by atoms with E-state index in [1.807, 2.05) is 13.8 Å². The topological polar surface area (TPSA) is 37.3 Å². The molecule has 0 radical (unpaired) electrons. The SMILES string of the molecule is CC.O=C(O)CCc1cccc(F)c1F. The molecule has 0 aromatic heterocycles. The van der Waals surface area contributed by atoms with E-state index in [-0.39, 0.29) is 18.4 Å². The van der Waals surface area contributed by atoms with Gasteiger partial charge in [-0.05, 0) is 18.1 Å². The zero-order valence-corrected chi connectivity index (χ0v) is 8.76. The Morgan fingerprint density at radius 1 is 1.33 bits per heavy atom. The number of hydrogen-bond donors (Lipinski definition) is 1. The van der Waals surface area contributed by atoms with Crippen LogP contribution in [0.2, 0.25) is 0 Å². The van der Waals surface area contributed by atoms with Gasteiger partial charge in [0.05, 0.1) is 0 Å². The predicted octanol–water partition coefficient (Wildman–Crippen LogP) is 3.01. The molecule has 1 aromatic rings. The quantitative estimate of drug-likeness (QED) is 0.843. The molecule has 0 aliphatic heterocycles. The van der Waals surface area contributed by atoms with Crippen LogP contribution < -0.4 is 0 Å². The zero-order valence-electron chi connectivity index (χ0n) is 8.76. The maximum absolute atomic E-state index is 12.9. The minimum Gasteiger partial charge on any atom is -0.481 e. The molecule has 1 rings (SSSR count). The Labute approximate surface area is 87.5 Å². The van der Waals surface area contributed by atoms with Crippen LogP contribution in [0.1, 0.15) is 25.8 Å². The summed E-state index contributed by atoms with van der Waals surface area (Å²) in [4.78, 5) is 10.2. The van der Waals surface area contributed by atoms with Crippen LogP contribution in [0, 0.1) is 11.6 Å². The second-order valence-electron chi connectivity index (χ2n) is 2.61. The van der Waals surface area contributed by atoms with Crippen LogP contribution in [0.4, 0.5) is 8.78 Å². The van der Waals surface area contributed by atoms with Gasteiger partial charge < -0.3 is 5.11 Å². The summed E-state index contributed by atoms with van der Waals surface area (Å²) in [5.74, 6) is -2.92. The summed E-state index contributed by atoms with van der Waals surface area (Å²) >= 11 is 0. The molecule has 0 atom stereocenters. The van der Waals surface area contributed by atoms with Crippen molar-refractivity contribution in [2.75, 3.05) is 0 Å². The first kappa shape index (κ1) is 13.6. The third-order valence-electron chi connectivity index (χ3n) is 1.64. The summed E-state index contributed by atoms with van der Waals surface area (Å²) in [6, 6.07) is 3.73. The van der Waals surface area contributed by atoms with Gasteiger partial charge in [-0.3, -0.25) is 4.79 Å². The van der Waals surface area contributed by atoms with E-state index in [1.54, 1.807) is 0 Å². The lowest BCUT2D eigenvalue weighted by Crippen LogP contribution is -2.00. The summed E-state index contributed by atoms with van der Waals surface area (Å²) in [7, 11) is 0. The molecule has 1 aromatic carbocycles. The van der Waals surface area contributed by atoms with Crippen molar-refractivity contribution in [3.8, 4) is 0 Å². The van der Waals surface area contributed by atoms with E-state index in [1.165, 1.54) is 12.1 Å². The van der Waals surface area contributed by atoms with Gasteiger partial charge in [0.15, 0.2) is 11.6 Å². The summed E-state index contributed by atoms with van der Waals surface area (Å²) in [6.07, 6.45) is -0.181. The average molecular weight is 216 g/mol. The Balaban J connectivity index is 0.000000921. The molecule has 0 unspecified atom stereocenters. The van der Waals surface area contributed by atoms with Crippen LogP contribution in [0.25, 0.3) is 0 Å². The van der Waals surface area contributed by atoms with Crippen molar-refractivity contribution in [3.63, 3.8) is 0 Å². The van der Waals surface area contributed by atoms with Crippen molar-refractivity contribution in [2.45, 2.75) is 26.7 Å². The van der Waals surface area contributed by atoms with Gasteiger partial charge in [-0.1, -0.05) is 26.0 Å². The largest absolute Gasteiger partial charge is 0.481 e. The molecule has 0 heterocycles. The molecular formula is C11H14F2O2. The number of carbonyl (C=O) groups is 1. The fraction of sp³-hybridized carbons (Fsp3) is 0.364. The van der Waals surface area contributed by atoms with Crippen LogP contribution in [0.3, 0.4) is 0 Å². The predicted molar refractivity (Wildman–Crippen MR) is 53.7 cm³/mol. The van der Waals surface area contributed by atoms with Crippen LogP contribution >= 0.6 is 0 Å². The first-order chi connectivity index (χ1) is 7.11. The number of halogens is 2. The molecule has 0 saturated heterocycles. The van der Waals surface area contributed by atoms with Crippen molar-refractivity contribution in [2.24, 2.45) is 0 Å². The van der Waals surface area contributed by atoms with E-state index in [2.05, 4.69) is 0 Å². The van der Waals surface area contributed by atoms with Gasteiger partial charge in [0, 0.05) is 6.42 Å². The normalized spacial score (nSPS) is 9.07. The zero-order chi connectivity index (χ0) is 11.8. The van der Waals surface area contributed by atoms with Gasteiger partial charge in [-0.15, -0.1) is 0 Å². The minimum absolute atomic E-state index is 0.0128. The maximum atomic E-state index is 12.9. The lowest BCUT2D eigenvalue weighted by atomic mass is 10.1. The third kappa shape index (κ3) is 4.54. The molecule has 0 aliphatic carbocycles. The number of rotatable bonds is 3. The van der Waals surface area contributed by atoms with Gasteiger partial charge >= 0.3 is 5.97 Å². The van der Waals surface area contributed by atoms with Crippen LogP contribution in [0.15, 0.2) is 18.2 Å². The minimum atomic E-state index is -1.02. The van der Waals surface area contributed by atoms with Gasteiger partial charge in [0.1, 0.15) is 0 Å². The van der Waals surface area contributed by atoms with Gasteiger partial charge in [-0.2, -0.15) is 0 Å². The number of hydrogen-bond acceptors (Lipinski definition) is 1. The van der Waals surface area contributed by atoms with Crippen molar-refractivity contribution < 1.29 is 18.7 Å². The Kier molecular flexibility index (Phi) is 6.25. The molecular weight excluding hydrogens is 202 g/mol. The van der Waals surface area contributed by atoms with E-state index in [4.69, 9.17) is 5.11 Å². The highest BCUT2D eigenvalue weighted by Gasteiger charge is 2.08. The average Bonchev–Trinajstić information content (AvgIpc) is 2.23. The summed E-state index contributed by atoms with van der Waals surface area (Å²) < 4.78 is 25.5. The number of carboxylic acids is 1. The highest BCUT2D eigenvalue weighted by atomic mass is 19.2. The highest BCUT2D eigenvalue weighted by molar-refractivity contribution is 5.67. The van der Waals surface area contributed by atoms with E-state index in [9.17, 15) is 13.6 Å². The Morgan fingerprint density at radius 3 is 2.47 bits per heavy atom. The summed E-state index contributed by atoms with van der Waals surface area (Å²) in [6.45, 7) is 4.00. The second kappa shape index (κ2) is 6.92. The Morgan fingerprint density at radius 2 is 1.93 bits per heavy atom. The molecule has 0 amide bonds. The van der Waals surface area contributed by atoms with Gasteiger partial charge in [-0.25, -0.2) is 8.78 Å². The summed E-state index contributed by atoms with van der Waals surface area (Å²) in [5, 5.41) is 8.32. The molecule has 84 valence electrons. The second-order valence-corrected chi connectivity index (χ2v) is 2.61. The van der Waals surface area contributed by atoms with Crippen LogP contribution in [0.5, 0.6) is 0 Å². The van der Waals surface area contributed by atoms with Crippen molar-refractivity contribution in [3.05, 3.63) is 35.4 Å². The summed E-state index contributed by atoms with van der Waals surface area (Å²) in [5.41, 5.74) is 0.0994. The number of aryl methyl sites for hydroxylation is 1. The molecule has 4 heteroatoms. The lowest BCUT2D eigenvalue weighted by Gasteiger charge is -2.00. The molecule has 0 bridgehead atoms. The Hall–Kier alpha value is -1.45. The van der Waals surface area contributed by atoms with E-state index >= 15 is 0 Å². The monoisotopic (exact) mass is 216 g/mol. The number of benzene rings is 1. The molecule has 0 aliphatic rings. The van der Waals surface area contributed by atoms with Crippen LogP contribution in [-0.4, -0.2) is 11.1 Å². The van der Waals surface area contributed by atoms with Gasteiger partial charge in [0.25, 0.3) is 0 Å². The molecule has 1 N–H and O–H groups in total. The first-order valence-corrected chi connectivity index (χ1v) is 4.76. The molecule has 0 fully saturated rings. The van der Waals surface area contributed by atoms with Crippen LogP contribution in [-0.2, 0) is 11.2 Å². The van der Waals surface area contributed by atoms with E-state index < -0.39 is 17.6 Å². The fourth-order valence-electron chi connectivity index (χ4n) is 0.983. The van der Waals surface area contributed by atoms with E-state index in [0.29, 0.717) is 0 Å². The lowest BCUT2D eigenvalue weighted by molar-refractivity contribution is -0.136. The maximum Gasteiger partial charge on any atom is 0.303 e. The Bertz CT molecular complexity index is 324. The van der Waals surface area contributed by atoms with Crippen molar-refractivity contribution >= 4 is 5.97 Å². The number of aliphatic carboxylic acids is 1. The molecule has 15 heavy (non-hydrogen) atoms. The smallest absolute Gasteiger partial charge is 0.303 e. The van der Waals surface area contributed by atoms with Crippen molar-refractivity contribution in [1.29, 1.82) is 0 Å². The first-order valence-electron chi connectivity index (χ1n) is 4.76. The van der Waals surface area contributed by atoms with Crippen molar-refractivity contribution in [1.82, 2.24) is 0 Å². The fourth-order valence-corrected chi connectivity index (χ4v) is 0.983. The third-order valence-corrected chi connectivity index (χ3v) is 1.64. The number of carboxylic acid groups (broad SMARTS) is 1. The molecule has 0 spiro atoms. The molecule has 2 nitrogen and oxygen atoms in total.